The molecule has 1 aromatic heterocycles. The summed E-state index contributed by atoms with van der Waals surface area (Å²) in [4.78, 5) is 28.6. The van der Waals surface area contributed by atoms with E-state index in [0.717, 1.165) is 59.0 Å². The van der Waals surface area contributed by atoms with Crippen LogP contribution in [0.25, 0.3) is 22.2 Å². The Hall–Kier alpha value is -4.50. The number of aromatic hydroxyl groups is 1. The highest BCUT2D eigenvalue weighted by atomic mass is 16.5. The topological polar surface area (TPSA) is 119 Å². The number of benzene rings is 3. The second-order valence-corrected chi connectivity index (χ2v) is 12.8. The zero-order valence-electron chi connectivity index (χ0n) is 27.0. The molecule has 9 nitrogen and oxygen atoms in total. The van der Waals surface area contributed by atoms with Gasteiger partial charge in [-0.25, -0.2) is 0 Å². The molecule has 1 aliphatic carbocycles. The van der Waals surface area contributed by atoms with Crippen molar-refractivity contribution in [2.75, 3.05) is 40.9 Å². The van der Waals surface area contributed by atoms with Crippen molar-refractivity contribution in [2.45, 2.75) is 56.9 Å². The Kier molecular flexibility index (Phi) is 9.22. The lowest BCUT2D eigenvalue weighted by atomic mass is 9.79. The number of ether oxygens (including phenoxy) is 2. The quantitative estimate of drug-likeness (QED) is 0.213. The number of fused-ring (bicyclic) bond motifs is 5. The lowest BCUT2D eigenvalue weighted by molar-refractivity contribution is -0.122. The van der Waals surface area contributed by atoms with Gasteiger partial charge in [0.1, 0.15) is 23.9 Å². The maximum Gasteiger partial charge on any atom is 0.248 e. The van der Waals surface area contributed by atoms with E-state index in [-0.39, 0.29) is 11.7 Å². The minimum Gasteiger partial charge on any atom is -0.508 e. The molecule has 1 fully saturated rings. The minimum absolute atomic E-state index is 0.0903. The van der Waals surface area contributed by atoms with Gasteiger partial charge < -0.3 is 35.1 Å². The van der Waals surface area contributed by atoms with E-state index in [2.05, 4.69) is 9.88 Å². The first-order valence-electron chi connectivity index (χ1n) is 16.3. The highest BCUT2D eigenvalue weighted by Crippen LogP contribution is 2.50. The van der Waals surface area contributed by atoms with Crippen LogP contribution in [0, 0.1) is 0 Å². The average molecular weight is 625 g/mol. The summed E-state index contributed by atoms with van der Waals surface area (Å²) in [5.41, 5.74) is 12.1. The van der Waals surface area contributed by atoms with E-state index in [1.165, 1.54) is 12.0 Å². The Morgan fingerprint density at radius 3 is 2.54 bits per heavy atom. The second-order valence-electron chi connectivity index (χ2n) is 12.8. The van der Waals surface area contributed by atoms with Gasteiger partial charge in [-0.2, -0.15) is 0 Å². The maximum atomic E-state index is 14.2. The van der Waals surface area contributed by atoms with E-state index in [4.69, 9.17) is 15.2 Å². The van der Waals surface area contributed by atoms with Crippen LogP contribution < -0.4 is 20.5 Å². The van der Waals surface area contributed by atoms with E-state index in [0.29, 0.717) is 55.6 Å². The first-order chi connectivity index (χ1) is 22.2. The predicted octanol–water partition coefficient (Wildman–Crippen LogP) is 5.57. The van der Waals surface area contributed by atoms with E-state index >= 15 is 0 Å². The number of phenolic OH excluding ortho intramolecular Hbond substituents is 1. The van der Waals surface area contributed by atoms with Crippen molar-refractivity contribution in [3.63, 3.8) is 0 Å². The highest BCUT2D eigenvalue weighted by Gasteiger charge is 2.35. The van der Waals surface area contributed by atoms with Crippen LogP contribution >= 0.6 is 0 Å². The van der Waals surface area contributed by atoms with E-state index in [1.807, 2.05) is 61.5 Å². The van der Waals surface area contributed by atoms with Crippen LogP contribution in [0.5, 0.6) is 17.2 Å². The smallest absolute Gasteiger partial charge is 0.248 e. The van der Waals surface area contributed by atoms with Gasteiger partial charge in [-0.15, -0.1) is 0 Å². The van der Waals surface area contributed by atoms with Gasteiger partial charge in [-0.1, -0.05) is 37.5 Å². The fourth-order valence-electron chi connectivity index (χ4n) is 7.19. The van der Waals surface area contributed by atoms with Crippen molar-refractivity contribution in [2.24, 2.45) is 5.73 Å². The van der Waals surface area contributed by atoms with Crippen LogP contribution in [0.3, 0.4) is 0 Å². The molecular weight excluding hydrogens is 580 g/mol. The molecule has 46 heavy (non-hydrogen) atoms. The molecule has 0 bridgehead atoms. The SMILES string of the molecule is COc1cc2c(c([C@H](Cc3ccc(O)cc3)C(=O)NCCN(C)C)c1)-c1c(C3CCCCC3)c3ccc(C(N)=O)cc3n1CCO2. The first kappa shape index (κ1) is 31.5. The number of primary amides is 1. The number of rotatable bonds is 10. The van der Waals surface area contributed by atoms with Crippen LogP contribution in [0.4, 0.5) is 0 Å². The van der Waals surface area contributed by atoms with Gasteiger partial charge in [0.05, 0.1) is 25.3 Å². The van der Waals surface area contributed by atoms with Gasteiger partial charge in [-0.05, 0) is 86.3 Å². The number of carbonyl (C=O) groups is 2. The number of nitrogens with one attached hydrogen (secondary N) is 1. The molecule has 0 radical (unpaired) electrons. The normalized spacial score (nSPS) is 15.5. The summed E-state index contributed by atoms with van der Waals surface area (Å²) in [6.07, 6.45) is 6.11. The number of methoxy groups -OCH3 is 1. The van der Waals surface area contributed by atoms with Crippen LogP contribution in [0.2, 0.25) is 0 Å². The fraction of sp³-hybridized carbons (Fsp3) is 0.405. The average Bonchev–Trinajstić information content (AvgIpc) is 3.24. The summed E-state index contributed by atoms with van der Waals surface area (Å²) in [6, 6.07) is 16.7. The molecule has 2 heterocycles. The molecule has 242 valence electrons. The maximum absolute atomic E-state index is 14.2. The molecule has 9 heteroatoms. The van der Waals surface area contributed by atoms with Crippen molar-refractivity contribution in [3.05, 3.63) is 76.9 Å². The molecule has 1 saturated carbocycles. The minimum atomic E-state index is -0.580. The number of nitrogens with two attached hydrogens (primary N) is 1. The van der Waals surface area contributed by atoms with Crippen LogP contribution in [0.1, 0.15) is 71.0 Å². The number of hydrogen-bond acceptors (Lipinski definition) is 6. The highest BCUT2D eigenvalue weighted by molar-refractivity contribution is 6.01. The van der Waals surface area contributed by atoms with Crippen molar-refractivity contribution in [3.8, 4) is 28.5 Å². The van der Waals surface area contributed by atoms with Gasteiger partial charge in [0.25, 0.3) is 0 Å². The molecule has 1 aliphatic heterocycles. The van der Waals surface area contributed by atoms with Crippen LogP contribution in [-0.4, -0.2) is 67.3 Å². The third-order valence-electron chi connectivity index (χ3n) is 9.48. The Balaban J connectivity index is 1.61. The number of phenols is 1. The summed E-state index contributed by atoms with van der Waals surface area (Å²) >= 11 is 0. The van der Waals surface area contributed by atoms with Crippen molar-refractivity contribution in [1.29, 1.82) is 0 Å². The third kappa shape index (κ3) is 6.29. The number of amides is 2. The third-order valence-corrected chi connectivity index (χ3v) is 9.48. The fourth-order valence-corrected chi connectivity index (χ4v) is 7.19. The Morgan fingerprint density at radius 2 is 1.85 bits per heavy atom. The second kappa shape index (κ2) is 13.5. The standard InChI is InChI=1S/C37H44N4O5/c1-40(2)16-15-39-37(44)30(19-23-9-12-26(42)13-10-23)29-21-27(45-3)22-32-34(29)35-33(24-7-5-4-6-8-24)28-14-11-25(36(38)43)20-31(28)41(35)17-18-46-32/h9-14,20-22,24,30,42H,4-8,15-19H2,1-3H3,(H2,38,43)(H,39,44)/t30-/m0/s1. The summed E-state index contributed by atoms with van der Waals surface area (Å²) in [6.45, 7) is 2.21. The molecular formula is C37H44N4O5. The summed E-state index contributed by atoms with van der Waals surface area (Å²) in [5, 5.41) is 14.3. The summed E-state index contributed by atoms with van der Waals surface area (Å²) in [7, 11) is 5.59. The van der Waals surface area contributed by atoms with Crippen molar-refractivity contribution < 1.29 is 24.2 Å². The zero-order chi connectivity index (χ0) is 32.4. The van der Waals surface area contributed by atoms with E-state index < -0.39 is 11.8 Å². The molecule has 0 spiro atoms. The Labute approximate surface area is 270 Å². The Bertz CT molecular complexity index is 1740. The van der Waals surface area contributed by atoms with Gasteiger partial charge in [0.15, 0.2) is 0 Å². The number of nitrogens with zero attached hydrogens (tertiary/aromatic N) is 2. The first-order valence-corrected chi connectivity index (χ1v) is 16.3. The number of aromatic nitrogens is 1. The number of carbonyl (C=O) groups excluding carboxylic acids is 2. The number of hydrogen-bond donors (Lipinski definition) is 3. The Morgan fingerprint density at radius 1 is 1.09 bits per heavy atom. The molecule has 3 aromatic carbocycles. The van der Waals surface area contributed by atoms with Gasteiger partial charge in [0, 0.05) is 41.2 Å². The summed E-state index contributed by atoms with van der Waals surface area (Å²) in [5.74, 6) is 0.672. The molecule has 2 amide bonds. The monoisotopic (exact) mass is 624 g/mol. The van der Waals surface area contributed by atoms with Crippen molar-refractivity contribution in [1.82, 2.24) is 14.8 Å². The molecule has 0 saturated heterocycles. The molecule has 1 atom stereocenters. The lowest BCUT2D eigenvalue weighted by Gasteiger charge is -2.26. The zero-order valence-corrected chi connectivity index (χ0v) is 27.0. The number of likely N-dealkylation sites (N-methyl/N-ethyl adjacent to an activating group) is 1. The molecule has 4 aromatic rings. The largest absolute Gasteiger partial charge is 0.508 e. The summed E-state index contributed by atoms with van der Waals surface area (Å²) < 4.78 is 14.6. The molecule has 6 rings (SSSR count). The van der Waals surface area contributed by atoms with Crippen LogP contribution in [0.15, 0.2) is 54.6 Å². The van der Waals surface area contributed by atoms with E-state index in [1.54, 1.807) is 19.2 Å². The van der Waals surface area contributed by atoms with Gasteiger partial charge >= 0.3 is 0 Å². The molecule has 2 aliphatic rings. The molecule has 4 N–H and O–H groups in total. The predicted molar refractivity (Wildman–Crippen MR) is 180 cm³/mol. The van der Waals surface area contributed by atoms with E-state index in [9.17, 15) is 14.7 Å². The lowest BCUT2D eigenvalue weighted by Crippen LogP contribution is -2.35. The van der Waals surface area contributed by atoms with Gasteiger partial charge in [-0.3, -0.25) is 9.59 Å². The van der Waals surface area contributed by atoms with Gasteiger partial charge in [0.2, 0.25) is 11.8 Å². The van der Waals surface area contributed by atoms with Crippen LogP contribution in [-0.2, 0) is 17.8 Å². The van der Waals surface area contributed by atoms with Crippen molar-refractivity contribution >= 4 is 22.7 Å². The molecule has 0 unspecified atom stereocenters.